The van der Waals surface area contributed by atoms with E-state index in [0.29, 0.717) is 35.1 Å². The predicted molar refractivity (Wildman–Crippen MR) is 64.8 cm³/mol. The molecule has 1 aliphatic rings. The van der Waals surface area contributed by atoms with Crippen molar-refractivity contribution in [1.82, 2.24) is 0 Å². The predicted octanol–water partition coefficient (Wildman–Crippen LogP) is 1.37. The minimum absolute atomic E-state index is 0. The molecule has 0 aromatic heterocycles. The van der Waals surface area contributed by atoms with E-state index in [1.54, 1.807) is 0 Å². The second-order valence-corrected chi connectivity index (χ2v) is 3.62. The van der Waals surface area contributed by atoms with Gasteiger partial charge in [0.2, 0.25) is 0 Å². The summed E-state index contributed by atoms with van der Waals surface area (Å²) < 4.78 is 5.38. The molecular formula is C9H11Cl2N3O2. The Hall–Kier alpha value is -1.33. The minimum Gasteiger partial charge on any atom is -0.492 e. The minimum atomic E-state index is -0.0324. The molecule has 5 nitrogen and oxygen atoms in total. The summed E-state index contributed by atoms with van der Waals surface area (Å²) in [5, 5.41) is 11.9. The monoisotopic (exact) mass is 263 g/mol. The number of halogens is 2. The van der Waals surface area contributed by atoms with Crippen LogP contribution in [-0.2, 0) is 6.42 Å². The van der Waals surface area contributed by atoms with Crippen LogP contribution in [0.5, 0.6) is 5.75 Å². The Bertz CT molecular complexity index is 449. The third-order valence-corrected chi connectivity index (χ3v) is 2.67. The van der Waals surface area contributed by atoms with Crippen molar-refractivity contribution in [3.8, 4) is 5.75 Å². The summed E-state index contributed by atoms with van der Waals surface area (Å²) in [5.74, 6) is 0.530. The second kappa shape index (κ2) is 4.67. The van der Waals surface area contributed by atoms with Crippen LogP contribution in [0.2, 0.25) is 5.02 Å². The summed E-state index contributed by atoms with van der Waals surface area (Å²) >= 11 is 5.93. The lowest BCUT2D eigenvalue weighted by molar-refractivity contribution is 0.317. The van der Waals surface area contributed by atoms with Crippen LogP contribution in [0.4, 0.5) is 5.69 Å². The van der Waals surface area contributed by atoms with Gasteiger partial charge in [0, 0.05) is 12.0 Å². The van der Waals surface area contributed by atoms with E-state index in [2.05, 4.69) is 5.16 Å². The maximum Gasteiger partial charge on any atom is 0.173 e. The lowest BCUT2D eigenvalue weighted by Gasteiger charge is -2.09. The van der Waals surface area contributed by atoms with Crippen molar-refractivity contribution < 1.29 is 9.94 Å². The first-order chi connectivity index (χ1) is 7.15. The van der Waals surface area contributed by atoms with Gasteiger partial charge in [-0.1, -0.05) is 16.8 Å². The molecule has 1 aromatic rings. The number of fused-ring (bicyclic) bond motifs is 1. The number of hydrogen-bond acceptors (Lipinski definition) is 4. The molecule has 0 amide bonds. The first-order valence-electron chi connectivity index (χ1n) is 4.36. The average molecular weight is 264 g/mol. The number of hydrogen-bond donors (Lipinski definition) is 3. The van der Waals surface area contributed by atoms with Crippen molar-refractivity contribution in [2.24, 2.45) is 10.9 Å². The Morgan fingerprint density at radius 3 is 2.88 bits per heavy atom. The van der Waals surface area contributed by atoms with Gasteiger partial charge in [-0.15, -0.1) is 12.4 Å². The maximum atomic E-state index is 8.61. The molecule has 0 bridgehead atoms. The molecule has 16 heavy (non-hydrogen) atoms. The molecule has 1 heterocycles. The normalized spacial score (nSPS) is 13.9. The van der Waals surface area contributed by atoms with Crippen LogP contribution in [0.1, 0.15) is 11.1 Å². The highest BCUT2D eigenvalue weighted by molar-refractivity contribution is 6.33. The molecule has 0 unspecified atom stereocenters. The van der Waals surface area contributed by atoms with Gasteiger partial charge in [-0.25, -0.2) is 0 Å². The Kier molecular flexibility index (Phi) is 3.72. The van der Waals surface area contributed by atoms with E-state index in [0.717, 1.165) is 5.56 Å². The number of benzene rings is 1. The Morgan fingerprint density at radius 1 is 1.56 bits per heavy atom. The average Bonchev–Trinajstić information content (AvgIpc) is 2.71. The number of anilines is 1. The van der Waals surface area contributed by atoms with E-state index < -0.39 is 0 Å². The molecule has 0 atom stereocenters. The number of oxime groups is 1. The van der Waals surface area contributed by atoms with Gasteiger partial charge in [-0.3, -0.25) is 0 Å². The second-order valence-electron chi connectivity index (χ2n) is 3.21. The van der Waals surface area contributed by atoms with Gasteiger partial charge in [0.25, 0.3) is 0 Å². The summed E-state index contributed by atoms with van der Waals surface area (Å²) in [6, 6.07) is 1.54. The molecular weight excluding hydrogens is 253 g/mol. The number of ether oxygens (including phenoxy) is 1. The van der Waals surface area contributed by atoms with Crippen LogP contribution in [0.3, 0.4) is 0 Å². The van der Waals surface area contributed by atoms with E-state index in [9.17, 15) is 0 Å². The highest BCUT2D eigenvalue weighted by atomic mass is 35.5. The molecule has 5 N–H and O–H groups in total. The van der Waals surface area contributed by atoms with Gasteiger partial charge in [0.05, 0.1) is 22.9 Å². The van der Waals surface area contributed by atoms with Crippen molar-refractivity contribution in [2.45, 2.75) is 6.42 Å². The fourth-order valence-corrected chi connectivity index (χ4v) is 1.83. The van der Waals surface area contributed by atoms with Crippen molar-refractivity contribution in [3.05, 3.63) is 22.2 Å². The quantitative estimate of drug-likeness (QED) is 0.235. The van der Waals surface area contributed by atoms with E-state index in [-0.39, 0.29) is 18.2 Å². The molecule has 0 saturated heterocycles. The maximum absolute atomic E-state index is 8.61. The van der Waals surface area contributed by atoms with Gasteiger partial charge in [0.1, 0.15) is 5.75 Å². The summed E-state index contributed by atoms with van der Waals surface area (Å²) in [5.41, 5.74) is 13.1. The Labute approximate surface area is 103 Å². The zero-order valence-electron chi connectivity index (χ0n) is 8.24. The third kappa shape index (κ3) is 1.83. The van der Waals surface area contributed by atoms with Crippen molar-refractivity contribution in [1.29, 1.82) is 0 Å². The van der Waals surface area contributed by atoms with E-state index in [1.165, 1.54) is 6.07 Å². The molecule has 0 saturated carbocycles. The van der Waals surface area contributed by atoms with Crippen LogP contribution < -0.4 is 16.2 Å². The zero-order valence-corrected chi connectivity index (χ0v) is 9.81. The number of nitrogens with zero attached hydrogens (tertiary/aromatic N) is 1. The third-order valence-electron chi connectivity index (χ3n) is 2.35. The summed E-state index contributed by atoms with van der Waals surface area (Å²) in [6.45, 7) is 0.533. The molecule has 2 rings (SSSR count). The SMILES string of the molecule is Cl.N/C(=N\O)c1cc(Cl)c(N)c2c1OCC2. The highest BCUT2D eigenvalue weighted by Crippen LogP contribution is 2.38. The topological polar surface area (TPSA) is 93.9 Å². The number of rotatable bonds is 1. The van der Waals surface area contributed by atoms with Crippen LogP contribution >= 0.6 is 24.0 Å². The summed E-state index contributed by atoms with van der Waals surface area (Å²) in [7, 11) is 0. The molecule has 0 spiro atoms. The first-order valence-corrected chi connectivity index (χ1v) is 4.74. The molecule has 88 valence electrons. The van der Waals surface area contributed by atoms with Crippen LogP contribution in [-0.4, -0.2) is 17.6 Å². The van der Waals surface area contributed by atoms with Crippen LogP contribution in [0.25, 0.3) is 0 Å². The Balaban J connectivity index is 0.00000128. The Morgan fingerprint density at radius 2 is 2.25 bits per heavy atom. The molecule has 1 aromatic carbocycles. The van der Waals surface area contributed by atoms with Gasteiger partial charge in [0.15, 0.2) is 5.84 Å². The number of nitrogen functional groups attached to an aromatic ring is 1. The summed E-state index contributed by atoms with van der Waals surface area (Å²) in [6.07, 6.45) is 0.688. The largest absolute Gasteiger partial charge is 0.492 e. The lowest BCUT2D eigenvalue weighted by Crippen LogP contribution is -2.14. The molecule has 1 aliphatic heterocycles. The fourth-order valence-electron chi connectivity index (χ4n) is 1.61. The van der Waals surface area contributed by atoms with Gasteiger partial charge >= 0.3 is 0 Å². The zero-order chi connectivity index (χ0) is 11.0. The lowest BCUT2D eigenvalue weighted by atomic mass is 10.1. The van der Waals surface area contributed by atoms with Gasteiger partial charge in [-0.05, 0) is 6.07 Å². The van der Waals surface area contributed by atoms with Crippen molar-refractivity contribution >= 4 is 35.5 Å². The molecule has 0 aliphatic carbocycles. The smallest absolute Gasteiger partial charge is 0.173 e. The van der Waals surface area contributed by atoms with E-state index >= 15 is 0 Å². The molecule has 0 fully saturated rings. The molecule has 0 radical (unpaired) electrons. The number of nitrogens with two attached hydrogens (primary N) is 2. The highest BCUT2D eigenvalue weighted by Gasteiger charge is 2.23. The van der Waals surface area contributed by atoms with Crippen molar-refractivity contribution in [3.63, 3.8) is 0 Å². The first kappa shape index (κ1) is 12.7. The summed E-state index contributed by atoms with van der Waals surface area (Å²) in [4.78, 5) is 0. The van der Waals surface area contributed by atoms with Crippen molar-refractivity contribution in [2.75, 3.05) is 12.3 Å². The van der Waals surface area contributed by atoms with Crippen LogP contribution in [0, 0.1) is 0 Å². The van der Waals surface area contributed by atoms with Crippen LogP contribution in [0.15, 0.2) is 11.2 Å². The van der Waals surface area contributed by atoms with E-state index in [1.807, 2.05) is 0 Å². The van der Waals surface area contributed by atoms with Gasteiger partial charge < -0.3 is 21.4 Å². The standard InChI is InChI=1S/C9H10ClN3O2.ClH/c10-6-3-5(9(12)13-14)8-4(7(6)11)1-2-15-8;/h3,14H,1-2,11H2,(H2,12,13);1H. The van der Waals surface area contributed by atoms with E-state index in [4.69, 9.17) is 33.0 Å². The number of amidine groups is 1. The molecule has 7 heteroatoms. The van der Waals surface area contributed by atoms with Gasteiger partial charge in [-0.2, -0.15) is 0 Å². The fraction of sp³-hybridized carbons (Fsp3) is 0.222.